The van der Waals surface area contributed by atoms with Crippen LogP contribution in [0.15, 0.2) is 67.1 Å². The zero-order valence-electron chi connectivity index (χ0n) is 16.3. The van der Waals surface area contributed by atoms with E-state index in [1.54, 1.807) is 47.9 Å². The molecule has 0 atom stereocenters. The van der Waals surface area contributed by atoms with Crippen molar-refractivity contribution in [2.24, 2.45) is 0 Å². The van der Waals surface area contributed by atoms with E-state index in [2.05, 4.69) is 15.3 Å². The number of urea groups is 1. The molecule has 0 bridgehead atoms. The number of alkyl halides is 3. The molecule has 0 fully saturated rings. The first-order valence-corrected chi connectivity index (χ1v) is 9.13. The third-order valence-electron chi connectivity index (χ3n) is 4.42. The molecule has 0 radical (unpaired) electrons. The first kappa shape index (κ1) is 22.9. The molecule has 4 aromatic rings. The van der Waals surface area contributed by atoms with Gasteiger partial charge in [-0.3, -0.25) is 9.38 Å². The van der Waals surface area contributed by atoms with Crippen LogP contribution in [0.4, 0.5) is 23.7 Å². The highest BCUT2D eigenvalue weighted by molar-refractivity contribution is 5.90. The molecule has 7 nitrogen and oxygen atoms in total. The number of aromatic hydroxyl groups is 1. The lowest BCUT2D eigenvalue weighted by Gasteiger charge is -2.11. The zero-order chi connectivity index (χ0) is 22.0. The van der Waals surface area contributed by atoms with E-state index < -0.39 is 18.8 Å². The smallest absolute Gasteiger partial charge is 0.405 e. The number of hydrogen-bond donors (Lipinski definition) is 3. The Balaban J connectivity index is 0.00000289. The van der Waals surface area contributed by atoms with E-state index in [-0.39, 0.29) is 18.2 Å². The van der Waals surface area contributed by atoms with Crippen molar-refractivity contribution < 1.29 is 23.1 Å². The molecule has 2 amide bonds. The number of nitrogens with zero attached hydrogens (tertiary/aromatic N) is 3. The average molecular weight is 464 g/mol. The molecule has 0 unspecified atom stereocenters. The Hall–Kier alpha value is -3.79. The van der Waals surface area contributed by atoms with Crippen LogP contribution in [-0.4, -0.2) is 38.2 Å². The summed E-state index contributed by atoms with van der Waals surface area (Å²) in [5, 5.41) is 13.5. The van der Waals surface area contributed by atoms with Crippen molar-refractivity contribution in [1.82, 2.24) is 19.7 Å². The molecule has 0 aliphatic rings. The van der Waals surface area contributed by atoms with Crippen molar-refractivity contribution in [1.29, 1.82) is 0 Å². The largest absolute Gasteiger partial charge is 0.506 e. The number of rotatable bonds is 4. The van der Waals surface area contributed by atoms with Gasteiger partial charge in [0.2, 0.25) is 0 Å². The number of aromatic nitrogens is 3. The lowest BCUT2D eigenvalue weighted by Crippen LogP contribution is -2.36. The first-order valence-electron chi connectivity index (χ1n) is 9.13. The SMILES string of the molecule is Cl.O=C(NCC(F)(F)F)Nc1cccc(-c2cnc3cc(-c4ccc(O)cn4)ccn23)c1. The van der Waals surface area contributed by atoms with E-state index in [4.69, 9.17) is 0 Å². The van der Waals surface area contributed by atoms with Crippen LogP contribution in [0.2, 0.25) is 0 Å². The van der Waals surface area contributed by atoms with E-state index in [1.165, 1.54) is 6.20 Å². The van der Waals surface area contributed by atoms with Gasteiger partial charge in [0.25, 0.3) is 0 Å². The van der Waals surface area contributed by atoms with E-state index in [1.807, 2.05) is 22.7 Å². The predicted molar refractivity (Wildman–Crippen MR) is 116 cm³/mol. The van der Waals surface area contributed by atoms with Crippen molar-refractivity contribution >= 4 is 29.8 Å². The molecule has 0 aliphatic carbocycles. The molecule has 32 heavy (non-hydrogen) atoms. The van der Waals surface area contributed by atoms with E-state index in [0.29, 0.717) is 17.0 Å². The van der Waals surface area contributed by atoms with Crippen LogP contribution in [0.25, 0.3) is 28.2 Å². The van der Waals surface area contributed by atoms with Gasteiger partial charge in [0.1, 0.15) is 17.9 Å². The molecular weight excluding hydrogens is 447 g/mol. The molecule has 0 aliphatic heterocycles. The fourth-order valence-electron chi connectivity index (χ4n) is 3.02. The van der Waals surface area contributed by atoms with Gasteiger partial charge in [0, 0.05) is 23.0 Å². The normalized spacial score (nSPS) is 11.1. The number of nitrogens with one attached hydrogen (secondary N) is 2. The van der Waals surface area contributed by atoms with E-state index >= 15 is 0 Å². The lowest BCUT2D eigenvalue weighted by molar-refractivity contribution is -0.122. The van der Waals surface area contributed by atoms with Gasteiger partial charge in [0.15, 0.2) is 0 Å². The van der Waals surface area contributed by atoms with Crippen LogP contribution in [0.1, 0.15) is 0 Å². The van der Waals surface area contributed by atoms with Gasteiger partial charge in [-0.25, -0.2) is 9.78 Å². The quantitative estimate of drug-likeness (QED) is 0.402. The third kappa shape index (κ3) is 5.27. The number of amides is 2. The van der Waals surface area contributed by atoms with E-state index in [9.17, 15) is 23.1 Å². The predicted octanol–water partition coefficient (Wildman–Crippen LogP) is 4.87. The molecule has 1 aromatic carbocycles. The Kier molecular flexibility index (Phi) is 6.54. The van der Waals surface area contributed by atoms with Gasteiger partial charge >= 0.3 is 12.2 Å². The Bertz CT molecular complexity index is 1240. The minimum absolute atomic E-state index is 0. The topological polar surface area (TPSA) is 91.5 Å². The number of imidazole rings is 1. The van der Waals surface area contributed by atoms with Gasteiger partial charge in [-0.1, -0.05) is 12.1 Å². The van der Waals surface area contributed by atoms with Crippen molar-refractivity contribution in [2.75, 3.05) is 11.9 Å². The summed E-state index contributed by atoms with van der Waals surface area (Å²) in [6.07, 6.45) is 0.355. The number of anilines is 1. The van der Waals surface area contributed by atoms with Gasteiger partial charge < -0.3 is 15.7 Å². The second kappa shape index (κ2) is 9.15. The Morgan fingerprint density at radius 3 is 2.56 bits per heavy atom. The second-order valence-corrected chi connectivity index (χ2v) is 6.69. The van der Waals surface area contributed by atoms with Crippen LogP contribution >= 0.6 is 12.4 Å². The summed E-state index contributed by atoms with van der Waals surface area (Å²) in [5.41, 5.74) is 3.96. The monoisotopic (exact) mass is 463 g/mol. The molecular formula is C21H17ClF3N5O2. The summed E-state index contributed by atoms with van der Waals surface area (Å²) in [6.45, 7) is -1.41. The highest BCUT2D eigenvalue weighted by Gasteiger charge is 2.27. The van der Waals surface area contributed by atoms with Gasteiger partial charge in [0.05, 0.1) is 23.8 Å². The van der Waals surface area contributed by atoms with Crippen molar-refractivity contribution in [3.05, 3.63) is 67.1 Å². The molecule has 0 saturated heterocycles. The van der Waals surface area contributed by atoms with Crippen molar-refractivity contribution in [2.45, 2.75) is 6.18 Å². The number of pyridine rings is 2. The fourth-order valence-corrected chi connectivity index (χ4v) is 3.02. The van der Waals surface area contributed by atoms with Crippen LogP contribution in [-0.2, 0) is 0 Å². The second-order valence-electron chi connectivity index (χ2n) is 6.69. The maximum absolute atomic E-state index is 12.2. The molecule has 4 rings (SSSR count). The maximum atomic E-state index is 12.2. The summed E-state index contributed by atoms with van der Waals surface area (Å²) in [5.74, 6) is 0.0773. The number of hydrogen-bond acceptors (Lipinski definition) is 4. The van der Waals surface area contributed by atoms with Crippen LogP contribution in [0.3, 0.4) is 0 Å². The number of fused-ring (bicyclic) bond motifs is 1. The minimum atomic E-state index is -4.48. The maximum Gasteiger partial charge on any atom is 0.405 e. The highest BCUT2D eigenvalue weighted by Crippen LogP contribution is 2.26. The van der Waals surface area contributed by atoms with Crippen LogP contribution in [0.5, 0.6) is 5.75 Å². The van der Waals surface area contributed by atoms with Crippen molar-refractivity contribution in [3.63, 3.8) is 0 Å². The summed E-state index contributed by atoms with van der Waals surface area (Å²) >= 11 is 0. The zero-order valence-corrected chi connectivity index (χ0v) is 17.1. The number of carbonyl (C=O) groups is 1. The van der Waals surface area contributed by atoms with Gasteiger partial charge in [-0.15, -0.1) is 12.4 Å². The molecule has 0 saturated carbocycles. The molecule has 166 valence electrons. The van der Waals surface area contributed by atoms with Crippen LogP contribution < -0.4 is 10.6 Å². The molecule has 3 heterocycles. The Morgan fingerprint density at radius 1 is 1.03 bits per heavy atom. The van der Waals surface area contributed by atoms with E-state index in [0.717, 1.165) is 16.8 Å². The van der Waals surface area contributed by atoms with Crippen LogP contribution in [0, 0.1) is 0 Å². The standard InChI is InChI=1S/C21H16F3N5O2.ClH/c22-21(23,24)12-27-20(31)28-15-3-1-2-14(8-15)18-11-26-19-9-13(6-7-29(18)19)17-5-4-16(30)10-25-17;/h1-11,30H,12H2,(H2,27,28,31);1H. The number of carbonyl (C=O) groups excluding carboxylic acids is 1. The average Bonchev–Trinajstić information content (AvgIpc) is 3.16. The number of benzene rings is 1. The van der Waals surface area contributed by atoms with Gasteiger partial charge in [-0.2, -0.15) is 13.2 Å². The highest BCUT2D eigenvalue weighted by atomic mass is 35.5. The summed E-state index contributed by atoms with van der Waals surface area (Å²) in [4.78, 5) is 20.3. The lowest BCUT2D eigenvalue weighted by atomic mass is 10.1. The minimum Gasteiger partial charge on any atom is -0.506 e. The Morgan fingerprint density at radius 2 is 1.84 bits per heavy atom. The van der Waals surface area contributed by atoms with Crippen molar-refractivity contribution in [3.8, 4) is 28.3 Å². The van der Waals surface area contributed by atoms with Gasteiger partial charge in [-0.05, 0) is 36.4 Å². The Labute approximate surface area is 186 Å². The third-order valence-corrected chi connectivity index (χ3v) is 4.42. The molecule has 3 aromatic heterocycles. The molecule has 0 spiro atoms. The number of halogens is 4. The summed E-state index contributed by atoms with van der Waals surface area (Å²) in [7, 11) is 0. The fraction of sp³-hybridized carbons (Fsp3) is 0.0952. The summed E-state index contributed by atoms with van der Waals surface area (Å²) < 4.78 is 38.6. The molecule has 3 N–H and O–H groups in total. The summed E-state index contributed by atoms with van der Waals surface area (Å²) in [6, 6.07) is 12.7. The first-order chi connectivity index (χ1) is 14.8. The molecule has 11 heteroatoms.